The summed E-state index contributed by atoms with van der Waals surface area (Å²) in [5.41, 5.74) is 5.40. The number of ether oxygens (including phenoxy) is 1. The highest BCUT2D eigenvalue weighted by atomic mass is 35.5. The Labute approximate surface area is 97.5 Å². The maximum Gasteiger partial charge on any atom is 0.410 e. The van der Waals surface area contributed by atoms with Gasteiger partial charge >= 0.3 is 6.09 Å². The first kappa shape index (κ1) is 14.5. The maximum atomic E-state index is 11.6. The minimum absolute atomic E-state index is 0. The molecule has 15 heavy (non-hydrogen) atoms. The molecule has 5 heteroatoms. The van der Waals surface area contributed by atoms with Gasteiger partial charge in [-0.1, -0.05) is 6.92 Å². The quantitative estimate of drug-likeness (QED) is 0.696. The number of hydrogen-bond acceptors (Lipinski definition) is 3. The van der Waals surface area contributed by atoms with Gasteiger partial charge in [0, 0.05) is 19.1 Å². The van der Waals surface area contributed by atoms with E-state index < -0.39 is 5.60 Å². The van der Waals surface area contributed by atoms with Gasteiger partial charge in [0.15, 0.2) is 0 Å². The molecule has 1 unspecified atom stereocenters. The number of nitrogens with two attached hydrogens (primary N) is 1. The second-order valence-electron chi connectivity index (χ2n) is 5.03. The van der Waals surface area contributed by atoms with E-state index in [1.807, 2.05) is 20.8 Å². The van der Waals surface area contributed by atoms with Crippen molar-refractivity contribution in [3.05, 3.63) is 0 Å². The van der Waals surface area contributed by atoms with E-state index in [-0.39, 0.29) is 24.5 Å². The van der Waals surface area contributed by atoms with Gasteiger partial charge in [0.25, 0.3) is 0 Å². The van der Waals surface area contributed by atoms with Crippen LogP contribution in [0.15, 0.2) is 0 Å². The predicted octanol–water partition coefficient (Wildman–Crippen LogP) is 1.62. The Morgan fingerprint density at radius 2 is 1.93 bits per heavy atom. The first-order chi connectivity index (χ1) is 6.29. The smallest absolute Gasteiger partial charge is 0.410 e. The highest BCUT2D eigenvalue weighted by Crippen LogP contribution is 2.17. The largest absolute Gasteiger partial charge is 0.444 e. The van der Waals surface area contributed by atoms with Gasteiger partial charge in [-0.3, -0.25) is 0 Å². The molecule has 2 atom stereocenters. The fourth-order valence-corrected chi connectivity index (χ4v) is 1.47. The van der Waals surface area contributed by atoms with Gasteiger partial charge in [-0.05, 0) is 26.7 Å². The molecular formula is C10H21ClN2O2. The van der Waals surface area contributed by atoms with Crippen LogP contribution in [0.5, 0.6) is 0 Å². The molecule has 0 spiro atoms. The minimum atomic E-state index is -0.424. The summed E-state index contributed by atoms with van der Waals surface area (Å²) in [5, 5.41) is 0. The van der Waals surface area contributed by atoms with Crippen molar-refractivity contribution in [2.45, 2.75) is 39.3 Å². The fourth-order valence-electron chi connectivity index (χ4n) is 1.47. The molecule has 1 saturated heterocycles. The first-order valence-corrected chi connectivity index (χ1v) is 5.03. The molecule has 0 aliphatic carbocycles. The molecule has 0 aromatic rings. The third kappa shape index (κ3) is 4.26. The summed E-state index contributed by atoms with van der Waals surface area (Å²) in [7, 11) is 0. The van der Waals surface area contributed by atoms with Crippen LogP contribution in [0.1, 0.15) is 27.7 Å². The first-order valence-electron chi connectivity index (χ1n) is 5.03. The molecular weight excluding hydrogens is 216 g/mol. The number of rotatable bonds is 0. The summed E-state index contributed by atoms with van der Waals surface area (Å²) in [4.78, 5) is 13.3. The van der Waals surface area contributed by atoms with Crippen molar-refractivity contribution in [1.29, 1.82) is 0 Å². The zero-order chi connectivity index (χ0) is 10.9. The predicted molar refractivity (Wildman–Crippen MR) is 62.2 cm³/mol. The Morgan fingerprint density at radius 3 is 2.27 bits per heavy atom. The van der Waals surface area contributed by atoms with E-state index in [0.717, 1.165) is 0 Å². The Kier molecular flexibility index (Phi) is 4.87. The molecule has 1 aliphatic heterocycles. The number of amides is 1. The van der Waals surface area contributed by atoms with Crippen molar-refractivity contribution in [1.82, 2.24) is 4.90 Å². The zero-order valence-electron chi connectivity index (χ0n) is 9.82. The van der Waals surface area contributed by atoms with Gasteiger partial charge in [-0.2, -0.15) is 0 Å². The standard InChI is InChI=1S/C10H20N2O2.ClH/c1-7-5-12(6-8(7)11)9(13)14-10(2,3)4;/h7-8H,5-6,11H2,1-4H3;1H/t7-,8?;/m0./s1. The van der Waals surface area contributed by atoms with Gasteiger partial charge in [0.1, 0.15) is 5.60 Å². The number of hydrogen-bond donors (Lipinski definition) is 1. The van der Waals surface area contributed by atoms with Crippen LogP contribution in [0, 0.1) is 5.92 Å². The van der Waals surface area contributed by atoms with Crippen molar-refractivity contribution in [2.24, 2.45) is 11.7 Å². The molecule has 1 fully saturated rings. The van der Waals surface area contributed by atoms with E-state index in [1.165, 1.54) is 0 Å². The average Bonchev–Trinajstić information content (AvgIpc) is 2.28. The van der Waals surface area contributed by atoms with E-state index >= 15 is 0 Å². The Hall–Kier alpha value is -0.480. The molecule has 1 heterocycles. The second-order valence-corrected chi connectivity index (χ2v) is 5.03. The van der Waals surface area contributed by atoms with E-state index in [0.29, 0.717) is 19.0 Å². The summed E-state index contributed by atoms with van der Waals surface area (Å²) in [5.74, 6) is 0.363. The van der Waals surface area contributed by atoms with Gasteiger partial charge in [0.2, 0.25) is 0 Å². The highest BCUT2D eigenvalue weighted by molar-refractivity contribution is 5.85. The normalized spacial score (nSPS) is 26.1. The van der Waals surface area contributed by atoms with Crippen molar-refractivity contribution in [3.63, 3.8) is 0 Å². The number of nitrogens with zero attached hydrogens (tertiary/aromatic N) is 1. The molecule has 0 saturated carbocycles. The molecule has 90 valence electrons. The second kappa shape index (κ2) is 5.03. The van der Waals surface area contributed by atoms with Crippen molar-refractivity contribution in [2.75, 3.05) is 13.1 Å². The number of carbonyl (C=O) groups is 1. The summed E-state index contributed by atoms with van der Waals surface area (Å²) >= 11 is 0. The van der Waals surface area contributed by atoms with E-state index in [1.54, 1.807) is 4.90 Å². The lowest BCUT2D eigenvalue weighted by Crippen LogP contribution is -2.36. The topological polar surface area (TPSA) is 55.6 Å². The summed E-state index contributed by atoms with van der Waals surface area (Å²) in [6.45, 7) is 8.96. The van der Waals surface area contributed by atoms with Gasteiger partial charge < -0.3 is 15.4 Å². The van der Waals surface area contributed by atoms with Gasteiger partial charge in [-0.15, -0.1) is 12.4 Å². The molecule has 1 aliphatic rings. The van der Waals surface area contributed by atoms with Crippen LogP contribution in [0.3, 0.4) is 0 Å². The fraction of sp³-hybridized carbons (Fsp3) is 0.900. The van der Waals surface area contributed by atoms with Crippen LogP contribution < -0.4 is 5.73 Å². The van der Waals surface area contributed by atoms with Gasteiger partial charge in [-0.25, -0.2) is 4.79 Å². The maximum absolute atomic E-state index is 11.6. The summed E-state index contributed by atoms with van der Waals surface area (Å²) < 4.78 is 5.25. The zero-order valence-corrected chi connectivity index (χ0v) is 10.6. The van der Waals surface area contributed by atoms with Crippen LogP contribution in [0.25, 0.3) is 0 Å². The Bertz CT molecular complexity index is 218. The molecule has 1 amide bonds. The Balaban J connectivity index is 0.00000196. The van der Waals surface area contributed by atoms with Crippen LogP contribution in [0.2, 0.25) is 0 Å². The lowest BCUT2D eigenvalue weighted by molar-refractivity contribution is 0.0287. The van der Waals surface area contributed by atoms with Gasteiger partial charge in [0.05, 0.1) is 0 Å². The third-order valence-electron chi connectivity index (χ3n) is 2.32. The molecule has 0 aromatic heterocycles. The molecule has 0 radical (unpaired) electrons. The molecule has 0 bridgehead atoms. The third-order valence-corrected chi connectivity index (χ3v) is 2.32. The lowest BCUT2D eigenvalue weighted by Gasteiger charge is -2.24. The SMILES string of the molecule is C[C@H]1CN(C(=O)OC(C)(C)C)CC1N.Cl. The average molecular weight is 237 g/mol. The van der Waals surface area contributed by atoms with Crippen LogP contribution in [-0.2, 0) is 4.74 Å². The Morgan fingerprint density at radius 1 is 1.40 bits per heavy atom. The molecule has 4 nitrogen and oxygen atoms in total. The molecule has 0 aromatic carbocycles. The van der Waals surface area contributed by atoms with E-state index in [9.17, 15) is 4.79 Å². The molecule has 1 rings (SSSR count). The number of halogens is 1. The summed E-state index contributed by atoms with van der Waals surface area (Å²) in [6.07, 6.45) is -0.252. The van der Waals surface area contributed by atoms with Crippen LogP contribution in [-0.4, -0.2) is 35.7 Å². The number of likely N-dealkylation sites (tertiary alicyclic amines) is 1. The lowest BCUT2D eigenvalue weighted by atomic mass is 10.1. The van der Waals surface area contributed by atoms with E-state index in [4.69, 9.17) is 10.5 Å². The molecule has 2 N–H and O–H groups in total. The van der Waals surface area contributed by atoms with Crippen molar-refractivity contribution < 1.29 is 9.53 Å². The minimum Gasteiger partial charge on any atom is -0.444 e. The monoisotopic (exact) mass is 236 g/mol. The summed E-state index contributed by atoms with van der Waals surface area (Å²) in [6, 6.07) is 0.0857. The van der Waals surface area contributed by atoms with Crippen molar-refractivity contribution in [3.8, 4) is 0 Å². The number of carbonyl (C=O) groups excluding carboxylic acids is 1. The van der Waals surface area contributed by atoms with E-state index in [2.05, 4.69) is 6.92 Å². The van der Waals surface area contributed by atoms with Crippen molar-refractivity contribution >= 4 is 18.5 Å². The van der Waals surface area contributed by atoms with Crippen LogP contribution >= 0.6 is 12.4 Å². The van der Waals surface area contributed by atoms with Crippen LogP contribution in [0.4, 0.5) is 4.79 Å². The highest BCUT2D eigenvalue weighted by Gasteiger charge is 2.32.